The van der Waals surface area contributed by atoms with E-state index in [2.05, 4.69) is 0 Å². The zero-order valence-electron chi connectivity index (χ0n) is 5.43. The highest BCUT2D eigenvalue weighted by molar-refractivity contribution is 5.65. The second-order valence-electron chi connectivity index (χ2n) is 1.44. The van der Waals surface area contributed by atoms with Gasteiger partial charge in [0.05, 0.1) is 5.09 Å². The number of nitrogens with zero attached hydrogens (tertiary/aromatic N) is 2. The summed E-state index contributed by atoms with van der Waals surface area (Å²) in [4.78, 5) is 7.17. The number of quaternary nitrogens is 1. The molecule has 0 radical (unpaired) electrons. The molecule has 0 aliphatic rings. The lowest BCUT2D eigenvalue weighted by Crippen LogP contribution is -2.71. The molecule has 11 heavy (non-hydrogen) atoms. The van der Waals surface area contributed by atoms with Crippen molar-refractivity contribution in [2.75, 3.05) is 0 Å². The summed E-state index contributed by atoms with van der Waals surface area (Å²) in [6.45, 7) is 0. The molecule has 0 aromatic heterocycles. The molecule has 0 aromatic rings. The lowest BCUT2D eigenvalue weighted by atomic mass is 11.0. The van der Waals surface area contributed by atoms with E-state index in [1.54, 1.807) is 0 Å². The number of rotatable bonds is 0. The minimum Gasteiger partial charge on any atom is -0.356 e. The molecule has 0 fully saturated rings. The number of hydrogen-bond donors (Lipinski definition) is 5. The van der Waals surface area contributed by atoms with E-state index in [1.807, 2.05) is 0 Å². The van der Waals surface area contributed by atoms with E-state index in [0.29, 0.717) is 0 Å². The maximum absolute atomic E-state index is 8.25. The summed E-state index contributed by atoms with van der Waals surface area (Å²) in [5.74, 6) is 14.0. The van der Waals surface area contributed by atoms with Crippen molar-refractivity contribution < 1.29 is 9.90 Å². The van der Waals surface area contributed by atoms with Crippen LogP contribution in [0.1, 0.15) is 0 Å². The maximum Gasteiger partial charge on any atom is 0.352 e. The Labute approximate surface area is 61.1 Å². The molecule has 0 atom stereocenters. The fourth-order valence-electron chi connectivity index (χ4n) is 0. The van der Waals surface area contributed by atoms with Crippen LogP contribution >= 0.6 is 0 Å². The smallest absolute Gasteiger partial charge is 0.352 e. The van der Waals surface area contributed by atoms with E-state index >= 15 is 0 Å². The minimum absolute atomic E-state index is 0.486. The largest absolute Gasteiger partial charge is 0.356 e. The normalized spacial score (nSPS) is 9.36. The molecular weight excluding hydrogens is 158 g/mol. The number of guanidine groups is 1. The average Bonchev–Trinajstić information content (AvgIpc) is 1.59. The summed E-state index contributed by atoms with van der Waals surface area (Å²) in [6, 6.07) is 0. The van der Waals surface area contributed by atoms with Crippen LogP contribution in [0.25, 0.3) is 0 Å². The van der Waals surface area contributed by atoms with E-state index in [1.165, 1.54) is 0 Å². The van der Waals surface area contributed by atoms with Crippen molar-refractivity contribution in [3.05, 3.63) is 15.3 Å². The number of nitrogens with one attached hydrogen (secondary N) is 1. The predicted molar refractivity (Wildman–Crippen MR) is 35.1 cm³/mol. The van der Waals surface area contributed by atoms with Gasteiger partial charge in [0.2, 0.25) is 0 Å². The van der Waals surface area contributed by atoms with Crippen LogP contribution in [-0.2, 0) is 0 Å². The molecule has 66 valence electrons. The van der Waals surface area contributed by atoms with Crippen LogP contribution in [0.4, 0.5) is 0 Å². The lowest BCUT2D eigenvalue weighted by Gasteiger charge is -2.14. The summed E-state index contributed by atoms with van der Waals surface area (Å²) in [6.07, 6.45) is 0. The quantitative estimate of drug-likeness (QED) is 0.0635. The van der Waals surface area contributed by atoms with Crippen LogP contribution in [0.15, 0.2) is 0 Å². The molecule has 0 aromatic carbocycles. The summed E-state index contributed by atoms with van der Waals surface area (Å²) in [7, 11) is 0. The first-order chi connectivity index (χ1) is 4.68. The minimum atomic E-state index is -1.75. The first kappa shape index (κ1) is 12.2. The Balaban J connectivity index is 0. The van der Waals surface area contributed by atoms with Crippen LogP contribution in [0.3, 0.4) is 0 Å². The highest BCUT2D eigenvalue weighted by Crippen LogP contribution is 1.63. The zero-order chi connectivity index (χ0) is 9.65. The Kier molecular flexibility index (Phi) is 4.82. The van der Waals surface area contributed by atoms with Gasteiger partial charge in [-0.3, -0.25) is 0 Å². The molecule has 0 amide bonds. The van der Waals surface area contributed by atoms with Gasteiger partial charge in [0, 0.05) is 0 Å². The van der Waals surface area contributed by atoms with Crippen LogP contribution in [-0.4, -0.2) is 15.9 Å². The molecule has 9 N–H and O–H groups in total. The molecule has 0 saturated carbocycles. The summed E-state index contributed by atoms with van der Waals surface area (Å²) in [5.41, 5.74) is 4.75. The van der Waals surface area contributed by atoms with Crippen LogP contribution in [0.5, 0.6) is 0 Å². The number of nitrogens with two attached hydrogens (primary N) is 4. The average molecular weight is 167 g/mol. The van der Waals surface area contributed by atoms with Crippen molar-refractivity contribution in [2.24, 2.45) is 23.3 Å². The van der Waals surface area contributed by atoms with Crippen molar-refractivity contribution in [3.8, 4) is 0 Å². The summed E-state index contributed by atoms with van der Waals surface area (Å²) < 4.78 is 0. The van der Waals surface area contributed by atoms with Crippen LogP contribution in [0.2, 0.25) is 0 Å². The summed E-state index contributed by atoms with van der Waals surface area (Å²) >= 11 is 0. The number of hydrogen-bond acceptors (Lipinski definition) is 7. The third-order valence-electron chi connectivity index (χ3n) is 0.417. The fourth-order valence-corrected chi connectivity index (χ4v) is 0. The van der Waals surface area contributed by atoms with Crippen LogP contribution < -0.4 is 23.3 Å². The molecular formula is CH9N7O3. The van der Waals surface area contributed by atoms with Crippen LogP contribution in [0, 0.1) is 20.7 Å². The van der Waals surface area contributed by atoms with Gasteiger partial charge in [0.25, 0.3) is 0 Å². The highest BCUT2D eigenvalue weighted by Gasteiger charge is 2.14. The first-order valence-electron chi connectivity index (χ1n) is 2.08. The Morgan fingerprint density at radius 1 is 1.36 bits per heavy atom. The third-order valence-corrected chi connectivity index (χ3v) is 0.417. The fraction of sp³-hybridized carbons (Fsp3) is 0. The SMILES string of the molecule is N=C(N)[N+](N)(N)N.O=[N+]([O-])[O-]. The molecule has 0 unspecified atom stereocenters. The molecule has 0 saturated heterocycles. The second kappa shape index (κ2) is 4.35. The monoisotopic (exact) mass is 167 g/mol. The van der Waals surface area contributed by atoms with Gasteiger partial charge in [-0.05, 0) is 4.81 Å². The Morgan fingerprint density at radius 3 is 1.45 bits per heavy atom. The molecule has 0 aliphatic carbocycles. The standard InChI is InChI=1S/CH9N6.NO3/c2-1(3)7(4,5)6;2-1(3)4/h4-6H2,(H3,2,3);/q+1;-1. The van der Waals surface area contributed by atoms with Crippen molar-refractivity contribution >= 4 is 5.96 Å². The van der Waals surface area contributed by atoms with E-state index in [9.17, 15) is 0 Å². The highest BCUT2D eigenvalue weighted by atomic mass is 16.9. The van der Waals surface area contributed by atoms with Gasteiger partial charge in [0.15, 0.2) is 0 Å². The molecule has 0 aliphatic heterocycles. The molecule has 0 rings (SSSR count). The summed E-state index contributed by atoms with van der Waals surface area (Å²) in [5, 5.41) is 21.3. The van der Waals surface area contributed by atoms with Gasteiger partial charge in [-0.15, -0.1) is 17.5 Å². The van der Waals surface area contributed by atoms with Gasteiger partial charge in [0.1, 0.15) is 0 Å². The van der Waals surface area contributed by atoms with E-state index in [0.717, 1.165) is 0 Å². The Bertz CT molecular complexity index is 142. The predicted octanol–water partition coefficient (Wildman–Crippen LogP) is -2.92. The zero-order valence-corrected chi connectivity index (χ0v) is 5.43. The second-order valence-corrected chi connectivity index (χ2v) is 1.44. The molecule has 0 heterocycles. The van der Waals surface area contributed by atoms with E-state index in [4.69, 9.17) is 44.0 Å². The van der Waals surface area contributed by atoms with E-state index < -0.39 is 15.9 Å². The van der Waals surface area contributed by atoms with Gasteiger partial charge >= 0.3 is 5.96 Å². The van der Waals surface area contributed by atoms with Crippen molar-refractivity contribution in [3.63, 3.8) is 0 Å². The van der Waals surface area contributed by atoms with Gasteiger partial charge in [-0.1, -0.05) is 0 Å². The maximum atomic E-state index is 8.25. The van der Waals surface area contributed by atoms with E-state index in [-0.39, 0.29) is 0 Å². The lowest BCUT2D eigenvalue weighted by molar-refractivity contribution is -0.880. The van der Waals surface area contributed by atoms with Gasteiger partial charge in [-0.2, -0.15) is 0 Å². The Morgan fingerprint density at radius 2 is 1.45 bits per heavy atom. The third kappa shape index (κ3) is 17.7. The first-order valence-corrected chi connectivity index (χ1v) is 2.08. The van der Waals surface area contributed by atoms with Gasteiger partial charge < -0.3 is 21.1 Å². The Hall–Kier alpha value is -1.49. The van der Waals surface area contributed by atoms with Gasteiger partial charge in [-0.25, -0.2) is 5.41 Å². The van der Waals surface area contributed by atoms with Crippen molar-refractivity contribution in [2.45, 2.75) is 0 Å². The molecule has 0 bridgehead atoms. The van der Waals surface area contributed by atoms with Crippen molar-refractivity contribution in [1.29, 1.82) is 5.41 Å². The molecule has 10 nitrogen and oxygen atoms in total. The topological polar surface area (TPSA) is 194 Å². The molecule has 10 heteroatoms. The van der Waals surface area contributed by atoms with Crippen molar-refractivity contribution in [1.82, 2.24) is 0 Å². The molecule has 0 spiro atoms.